The van der Waals surface area contributed by atoms with Gasteiger partial charge >= 0.3 is 0 Å². The molecule has 0 aliphatic heterocycles. The minimum atomic E-state index is -0.466. The molecule has 0 saturated heterocycles. The molecule has 1 amide bonds. The first-order chi connectivity index (χ1) is 12.1. The summed E-state index contributed by atoms with van der Waals surface area (Å²) in [6.45, 7) is -0.0195. The summed E-state index contributed by atoms with van der Waals surface area (Å²) in [7, 11) is 0. The van der Waals surface area contributed by atoms with E-state index < -0.39 is 11.7 Å². The molecule has 5 nitrogen and oxygen atoms in total. The van der Waals surface area contributed by atoms with Gasteiger partial charge in [-0.3, -0.25) is 4.79 Å². The number of para-hydroxylation sites is 1. The van der Waals surface area contributed by atoms with Gasteiger partial charge in [0.25, 0.3) is 5.91 Å². The molecular formula is C18H14ClFN4O. The Morgan fingerprint density at radius 1 is 1.04 bits per heavy atom. The van der Waals surface area contributed by atoms with Gasteiger partial charge in [0.2, 0.25) is 5.95 Å². The van der Waals surface area contributed by atoms with E-state index in [-0.39, 0.29) is 22.7 Å². The number of nitrogens with one attached hydrogen (secondary N) is 2. The van der Waals surface area contributed by atoms with E-state index in [9.17, 15) is 9.18 Å². The van der Waals surface area contributed by atoms with Crippen LogP contribution in [0.3, 0.4) is 0 Å². The van der Waals surface area contributed by atoms with Gasteiger partial charge in [-0.15, -0.1) is 0 Å². The topological polar surface area (TPSA) is 66.9 Å². The Bertz CT molecular complexity index is 852. The lowest BCUT2D eigenvalue weighted by Gasteiger charge is -2.08. The average molecular weight is 357 g/mol. The van der Waals surface area contributed by atoms with E-state index in [1.165, 1.54) is 24.5 Å². The van der Waals surface area contributed by atoms with Crippen molar-refractivity contribution in [3.05, 3.63) is 82.9 Å². The van der Waals surface area contributed by atoms with Crippen molar-refractivity contribution in [1.29, 1.82) is 0 Å². The Hall–Kier alpha value is -2.99. The SMILES string of the molecule is O=C(NCc1c(F)cccc1Cl)c1cnc(Nc2ccccc2)nc1. The Kier molecular flexibility index (Phi) is 5.20. The number of anilines is 2. The summed E-state index contributed by atoms with van der Waals surface area (Å²) < 4.78 is 13.7. The highest BCUT2D eigenvalue weighted by molar-refractivity contribution is 6.31. The van der Waals surface area contributed by atoms with E-state index in [1.807, 2.05) is 30.3 Å². The van der Waals surface area contributed by atoms with Gasteiger partial charge in [0.05, 0.1) is 5.56 Å². The van der Waals surface area contributed by atoms with Crippen LogP contribution in [0.1, 0.15) is 15.9 Å². The van der Waals surface area contributed by atoms with Crippen LogP contribution in [-0.4, -0.2) is 15.9 Å². The van der Waals surface area contributed by atoms with Crippen molar-refractivity contribution >= 4 is 29.1 Å². The fourth-order valence-corrected chi connectivity index (χ4v) is 2.36. The van der Waals surface area contributed by atoms with Crippen LogP contribution in [0.4, 0.5) is 16.0 Å². The fourth-order valence-electron chi connectivity index (χ4n) is 2.13. The molecule has 0 aliphatic rings. The minimum Gasteiger partial charge on any atom is -0.348 e. The van der Waals surface area contributed by atoms with Crippen molar-refractivity contribution in [1.82, 2.24) is 15.3 Å². The number of hydrogen-bond acceptors (Lipinski definition) is 4. The third kappa shape index (κ3) is 4.30. The van der Waals surface area contributed by atoms with Crippen molar-refractivity contribution in [2.45, 2.75) is 6.54 Å². The summed E-state index contributed by atoms with van der Waals surface area (Å²) in [4.78, 5) is 20.3. The number of carbonyl (C=O) groups excluding carboxylic acids is 1. The maximum atomic E-state index is 13.7. The Morgan fingerprint density at radius 3 is 2.44 bits per heavy atom. The normalized spacial score (nSPS) is 10.3. The predicted molar refractivity (Wildman–Crippen MR) is 94.3 cm³/mol. The molecule has 0 saturated carbocycles. The van der Waals surface area contributed by atoms with Gasteiger partial charge in [-0.25, -0.2) is 14.4 Å². The third-order valence-corrected chi connectivity index (χ3v) is 3.79. The standard InChI is InChI=1S/C18H14ClFN4O/c19-15-7-4-8-16(20)14(15)11-21-17(25)12-9-22-18(23-10-12)24-13-5-2-1-3-6-13/h1-10H,11H2,(H,21,25)(H,22,23,24). The van der Waals surface area contributed by atoms with Crippen LogP contribution in [-0.2, 0) is 6.54 Å². The number of halogens is 2. The highest BCUT2D eigenvalue weighted by atomic mass is 35.5. The van der Waals surface area contributed by atoms with Gasteiger partial charge < -0.3 is 10.6 Å². The van der Waals surface area contributed by atoms with Crippen LogP contribution >= 0.6 is 11.6 Å². The maximum absolute atomic E-state index is 13.7. The average Bonchev–Trinajstić information content (AvgIpc) is 2.62. The molecule has 7 heteroatoms. The van der Waals surface area contributed by atoms with Crippen LogP contribution < -0.4 is 10.6 Å². The molecule has 2 aromatic carbocycles. The molecule has 3 aromatic rings. The van der Waals surface area contributed by atoms with Crippen LogP contribution in [0.5, 0.6) is 0 Å². The molecule has 126 valence electrons. The summed E-state index contributed by atoms with van der Waals surface area (Å²) in [5.74, 6) is -0.503. The van der Waals surface area contributed by atoms with Crippen molar-refractivity contribution in [3.63, 3.8) is 0 Å². The number of rotatable bonds is 5. The second-order valence-corrected chi connectivity index (χ2v) is 5.58. The monoisotopic (exact) mass is 356 g/mol. The van der Waals surface area contributed by atoms with Crippen LogP contribution in [0, 0.1) is 5.82 Å². The first-order valence-electron chi connectivity index (χ1n) is 7.48. The van der Waals surface area contributed by atoms with E-state index in [0.29, 0.717) is 5.95 Å². The molecule has 3 rings (SSSR count). The third-order valence-electron chi connectivity index (χ3n) is 3.43. The predicted octanol–water partition coefficient (Wildman–Crippen LogP) is 3.94. The summed E-state index contributed by atoms with van der Waals surface area (Å²) >= 11 is 5.93. The van der Waals surface area contributed by atoms with Gasteiger partial charge in [-0.1, -0.05) is 35.9 Å². The largest absolute Gasteiger partial charge is 0.348 e. The maximum Gasteiger partial charge on any atom is 0.254 e. The molecule has 0 bridgehead atoms. The first kappa shape index (κ1) is 16.9. The molecule has 2 N–H and O–H groups in total. The molecule has 1 aromatic heterocycles. The van der Waals surface area contributed by atoms with Gasteiger partial charge in [-0.05, 0) is 24.3 Å². The van der Waals surface area contributed by atoms with Gasteiger partial charge in [0.15, 0.2) is 0 Å². The molecule has 25 heavy (non-hydrogen) atoms. The Balaban J connectivity index is 1.63. The van der Waals surface area contributed by atoms with E-state index in [0.717, 1.165) is 5.69 Å². The lowest BCUT2D eigenvalue weighted by Crippen LogP contribution is -2.24. The summed E-state index contributed by atoms with van der Waals surface area (Å²) in [5, 5.41) is 5.89. The highest BCUT2D eigenvalue weighted by Crippen LogP contribution is 2.18. The second kappa shape index (κ2) is 7.72. The molecule has 0 fully saturated rings. The minimum absolute atomic E-state index is 0.0195. The van der Waals surface area contributed by atoms with Gasteiger partial charge in [0.1, 0.15) is 5.82 Å². The summed E-state index contributed by atoms with van der Waals surface area (Å²) in [5.41, 5.74) is 1.35. The van der Waals surface area contributed by atoms with E-state index in [4.69, 9.17) is 11.6 Å². The summed E-state index contributed by atoms with van der Waals surface area (Å²) in [6, 6.07) is 13.8. The lowest BCUT2D eigenvalue weighted by atomic mass is 10.2. The number of benzene rings is 2. The molecule has 0 unspecified atom stereocenters. The van der Waals surface area contributed by atoms with Gasteiger partial charge in [0, 0.05) is 35.2 Å². The second-order valence-electron chi connectivity index (χ2n) is 5.17. The zero-order valence-electron chi connectivity index (χ0n) is 13.0. The van der Waals surface area contributed by atoms with Crippen LogP contribution in [0.25, 0.3) is 0 Å². The molecule has 0 atom stereocenters. The first-order valence-corrected chi connectivity index (χ1v) is 7.86. The van der Waals surface area contributed by atoms with Crippen molar-refractivity contribution in [2.24, 2.45) is 0 Å². The number of amides is 1. The Labute approximate surface area is 148 Å². The number of hydrogen-bond donors (Lipinski definition) is 2. The molecule has 0 spiro atoms. The summed E-state index contributed by atoms with van der Waals surface area (Å²) in [6.07, 6.45) is 2.80. The van der Waals surface area contributed by atoms with Crippen molar-refractivity contribution in [2.75, 3.05) is 5.32 Å². The Morgan fingerprint density at radius 2 is 1.76 bits per heavy atom. The number of carbonyl (C=O) groups is 1. The molecular weight excluding hydrogens is 343 g/mol. The molecule has 0 radical (unpaired) electrons. The fraction of sp³-hybridized carbons (Fsp3) is 0.0556. The lowest BCUT2D eigenvalue weighted by molar-refractivity contribution is 0.0950. The zero-order valence-corrected chi connectivity index (χ0v) is 13.8. The van der Waals surface area contributed by atoms with E-state index in [2.05, 4.69) is 20.6 Å². The quantitative estimate of drug-likeness (QED) is 0.726. The van der Waals surface area contributed by atoms with Crippen LogP contribution in [0.2, 0.25) is 5.02 Å². The van der Waals surface area contributed by atoms with E-state index in [1.54, 1.807) is 6.07 Å². The van der Waals surface area contributed by atoms with Gasteiger partial charge in [-0.2, -0.15) is 0 Å². The zero-order chi connectivity index (χ0) is 17.6. The van der Waals surface area contributed by atoms with Crippen molar-refractivity contribution in [3.8, 4) is 0 Å². The number of aromatic nitrogens is 2. The van der Waals surface area contributed by atoms with E-state index >= 15 is 0 Å². The number of nitrogens with zero attached hydrogens (tertiary/aromatic N) is 2. The molecule has 1 heterocycles. The van der Waals surface area contributed by atoms with Crippen LogP contribution in [0.15, 0.2) is 60.9 Å². The highest BCUT2D eigenvalue weighted by Gasteiger charge is 2.11. The molecule has 0 aliphatic carbocycles. The smallest absolute Gasteiger partial charge is 0.254 e. The van der Waals surface area contributed by atoms with Crippen molar-refractivity contribution < 1.29 is 9.18 Å².